The van der Waals surface area contributed by atoms with Gasteiger partial charge >= 0.3 is 20.1 Å². The van der Waals surface area contributed by atoms with Crippen molar-refractivity contribution in [1.82, 2.24) is 5.32 Å². The van der Waals surface area contributed by atoms with Crippen LogP contribution in [0.15, 0.2) is 46.2 Å². The molecule has 0 heterocycles. The molecule has 0 aromatic heterocycles. The number of alkyl carbamates (subject to hydrolysis) is 1. The van der Waals surface area contributed by atoms with Gasteiger partial charge in [-0.05, 0) is 97.2 Å². The van der Waals surface area contributed by atoms with Crippen molar-refractivity contribution in [2.24, 2.45) is 0 Å². The Morgan fingerprint density at radius 3 is 2.09 bits per heavy atom. The fourth-order valence-corrected chi connectivity index (χ4v) is 5.80. The molecule has 43 heavy (non-hydrogen) atoms. The number of hydrogen-bond acceptors (Lipinski definition) is 10. The average Bonchev–Trinajstić information content (AvgIpc) is 2.86. The second kappa shape index (κ2) is 15.3. The Balaban J connectivity index is 2.22. The second-order valence-electron chi connectivity index (χ2n) is 11.8. The van der Waals surface area contributed by atoms with E-state index < -0.39 is 36.8 Å². The smallest absolute Gasteiger partial charge is 0.444 e. The molecule has 1 unspecified atom stereocenters. The van der Waals surface area contributed by atoms with E-state index in [4.69, 9.17) is 51.0 Å². The van der Waals surface area contributed by atoms with Crippen LogP contribution in [0, 0.1) is 0 Å². The third-order valence-corrected chi connectivity index (χ3v) is 8.43. The minimum Gasteiger partial charge on any atom is -0.444 e. The molecule has 0 fully saturated rings. The minimum atomic E-state index is -3.80. The van der Waals surface area contributed by atoms with E-state index in [1.165, 1.54) is 26.0 Å². The van der Waals surface area contributed by atoms with Crippen molar-refractivity contribution in [3.8, 4) is 5.75 Å². The maximum atomic E-state index is 12.6. The number of ether oxygens (including phenoxy) is 3. The molecule has 2 rings (SSSR count). The highest BCUT2D eigenvalue weighted by molar-refractivity contribution is 7.99. The van der Waals surface area contributed by atoms with Crippen molar-refractivity contribution >= 4 is 55.0 Å². The fraction of sp³-hybridized carbons (Fsp3) is 0.517. The zero-order chi connectivity index (χ0) is 32.6. The molecule has 0 saturated heterocycles. The number of hydrogen-bond donors (Lipinski definition) is 1. The van der Waals surface area contributed by atoms with E-state index in [1.807, 2.05) is 12.1 Å². The van der Waals surface area contributed by atoms with Gasteiger partial charge in [-0.2, -0.15) is 0 Å². The van der Waals surface area contributed by atoms with Gasteiger partial charge in [0.15, 0.2) is 0 Å². The summed E-state index contributed by atoms with van der Waals surface area (Å²) in [6.07, 6.45) is -0.724. The quantitative estimate of drug-likeness (QED) is 0.132. The van der Waals surface area contributed by atoms with E-state index in [-0.39, 0.29) is 12.4 Å². The minimum absolute atomic E-state index is 0.189. The summed E-state index contributed by atoms with van der Waals surface area (Å²) in [4.78, 5) is 26.2. The first-order valence-electron chi connectivity index (χ1n) is 13.3. The zero-order valence-corrected chi connectivity index (χ0v) is 29.1. The zero-order valence-electron chi connectivity index (χ0n) is 25.9. The molecule has 2 aromatic carbocycles. The topological polar surface area (TPSA) is 119 Å². The van der Waals surface area contributed by atoms with Gasteiger partial charge in [0.1, 0.15) is 17.0 Å². The number of phosphoric ester groups is 1. The summed E-state index contributed by atoms with van der Waals surface area (Å²) >= 11 is 14.2. The molecule has 1 atom stereocenters. The van der Waals surface area contributed by atoms with Crippen LogP contribution < -0.4 is 10.1 Å². The summed E-state index contributed by atoms with van der Waals surface area (Å²) in [5.74, 6) is 0.289. The maximum absolute atomic E-state index is 12.6. The van der Waals surface area contributed by atoms with Crippen LogP contribution in [0.1, 0.15) is 60.5 Å². The Bertz CT molecular complexity index is 1320. The predicted octanol–water partition coefficient (Wildman–Crippen LogP) is 9.09. The summed E-state index contributed by atoms with van der Waals surface area (Å²) in [7, 11) is -1.39. The highest BCUT2D eigenvalue weighted by Crippen LogP contribution is 2.48. The average molecular weight is 681 g/mol. The van der Waals surface area contributed by atoms with Crippen LogP contribution in [0.4, 0.5) is 9.59 Å². The maximum Gasteiger partial charge on any atom is 0.514 e. The molecule has 1 amide bonds. The van der Waals surface area contributed by atoms with Crippen molar-refractivity contribution in [2.45, 2.75) is 87.8 Å². The van der Waals surface area contributed by atoms with Crippen LogP contribution in [0.3, 0.4) is 0 Å². The Hall–Kier alpha value is -1.98. The molecule has 0 radical (unpaired) electrons. The lowest BCUT2D eigenvalue weighted by molar-refractivity contribution is 0.0200. The second-order valence-corrected chi connectivity index (χ2v) is 15.6. The molecule has 0 spiro atoms. The monoisotopic (exact) mass is 679 g/mol. The molecule has 0 saturated carbocycles. The highest BCUT2D eigenvalue weighted by Gasteiger charge is 2.34. The number of amides is 1. The summed E-state index contributed by atoms with van der Waals surface area (Å²) < 4.78 is 43.8. The third kappa shape index (κ3) is 13.3. The Labute approximate surface area is 268 Å². The van der Waals surface area contributed by atoms with Crippen molar-refractivity contribution in [1.29, 1.82) is 0 Å². The summed E-state index contributed by atoms with van der Waals surface area (Å²) in [5.41, 5.74) is -1.67. The molecule has 10 nitrogen and oxygen atoms in total. The normalized spacial score (nSPS) is 13.7. The van der Waals surface area contributed by atoms with E-state index in [9.17, 15) is 14.2 Å². The molecule has 0 aliphatic carbocycles. The number of phosphoric acid groups is 1. The SMILES string of the molecule is COP(=O)(OC)OCC(C)(CCc1ccc(Sc2cc(Cl)ccc2OC(=O)OC(C)(C)C)cc1Cl)NC(=O)OC(C)(C)C. The van der Waals surface area contributed by atoms with Crippen LogP contribution in [-0.4, -0.2) is 49.8 Å². The highest BCUT2D eigenvalue weighted by atomic mass is 35.5. The summed E-state index contributed by atoms with van der Waals surface area (Å²) in [6, 6.07) is 10.4. The molecule has 2 aromatic rings. The lowest BCUT2D eigenvalue weighted by atomic mass is 9.94. The largest absolute Gasteiger partial charge is 0.514 e. The number of aryl methyl sites for hydroxylation is 1. The molecule has 0 bridgehead atoms. The van der Waals surface area contributed by atoms with Crippen molar-refractivity contribution in [3.05, 3.63) is 52.0 Å². The van der Waals surface area contributed by atoms with E-state index >= 15 is 0 Å². The van der Waals surface area contributed by atoms with Crippen molar-refractivity contribution in [3.63, 3.8) is 0 Å². The van der Waals surface area contributed by atoms with Crippen molar-refractivity contribution in [2.75, 3.05) is 20.8 Å². The number of rotatable bonds is 12. The van der Waals surface area contributed by atoms with Gasteiger partial charge in [0.2, 0.25) is 0 Å². The predicted molar refractivity (Wildman–Crippen MR) is 168 cm³/mol. The van der Waals surface area contributed by atoms with Crippen molar-refractivity contribution < 1.29 is 41.9 Å². The van der Waals surface area contributed by atoms with Gasteiger partial charge in [-0.3, -0.25) is 13.6 Å². The van der Waals surface area contributed by atoms with Gasteiger partial charge in [0.05, 0.1) is 17.0 Å². The summed E-state index contributed by atoms with van der Waals surface area (Å²) in [5, 5.41) is 3.75. The fourth-order valence-electron chi connectivity index (χ4n) is 3.46. The first kappa shape index (κ1) is 37.2. The third-order valence-electron chi connectivity index (χ3n) is 5.48. The Morgan fingerprint density at radius 1 is 0.907 bits per heavy atom. The van der Waals surface area contributed by atoms with E-state index in [0.717, 1.165) is 10.5 Å². The number of carbonyl (C=O) groups is 2. The molecule has 0 aliphatic rings. The van der Waals surface area contributed by atoms with E-state index in [1.54, 1.807) is 72.7 Å². The van der Waals surface area contributed by atoms with Crippen LogP contribution in [0.25, 0.3) is 0 Å². The van der Waals surface area contributed by atoms with Crippen LogP contribution in [-0.2, 0) is 34.0 Å². The lowest BCUT2D eigenvalue weighted by Gasteiger charge is -2.32. The Morgan fingerprint density at radius 2 is 1.53 bits per heavy atom. The van der Waals surface area contributed by atoms with Gasteiger partial charge in [-0.25, -0.2) is 14.2 Å². The molecule has 14 heteroatoms. The van der Waals surface area contributed by atoms with Gasteiger partial charge < -0.3 is 19.5 Å². The molecular weight excluding hydrogens is 640 g/mol. The van der Waals surface area contributed by atoms with E-state index in [2.05, 4.69) is 5.32 Å². The lowest BCUT2D eigenvalue weighted by Crippen LogP contribution is -2.51. The number of benzene rings is 2. The molecular formula is C29H40Cl2NO9PS. The molecule has 1 N–H and O–H groups in total. The van der Waals surface area contributed by atoms with Gasteiger partial charge in [-0.1, -0.05) is 41.0 Å². The molecule has 240 valence electrons. The summed E-state index contributed by atoms with van der Waals surface area (Å²) in [6.45, 7) is 12.0. The van der Waals surface area contributed by atoms with Crippen LogP contribution in [0.2, 0.25) is 10.0 Å². The first-order chi connectivity index (χ1) is 19.8. The Kier molecular flexibility index (Phi) is 13.3. The number of nitrogens with one attached hydrogen (secondary N) is 1. The van der Waals surface area contributed by atoms with Gasteiger partial charge in [0, 0.05) is 29.2 Å². The molecule has 0 aliphatic heterocycles. The standard InChI is InChI=1S/C29H40Cl2NO9PS/c1-27(2,3)40-25(33)32-29(7,18-38-42(35,36-8)37-9)15-14-19-10-12-21(17-22(19)31)43-24-16-20(30)11-13-23(24)39-26(34)41-28(4,5)6/h10-13,16-17H,14-15,18H2,1-9H3,(H,32,33). The van der Waals surface area contributed by atoms with Gasteiger partial charge in [0.25, 0.3) is 0 Å². The van der Waals surface area contributed by atoms with E-state index in [0.29, 0.717) is 27.8 Å². The van der Waals surface area contributed by atoms with Crippen LogP contribution in [0.5, 0.6) is 5.75 Å². The van der Waals surface area contributed by atoms with Crippen LogP contribution >= 0.6 is 42.8 Å². The van der Waals surface area contributed by atoms with Gasteiger partial charge in [-0.15, -0.1) is 0 Å². The number of carbonyl (C=O) groups excluding carboxylic acids is 2. The number of halogens is 2. The first-order valence-corrected chi connectivity index (χ1v) is 16.3.